The first kappa shape index (κ1) is 7.19. The van der Waals surface area contributed by atoms with E-state index >= 15 is 0 Å². The van der Waals surface area contributed by atoms with Crippen LogP contribution in [-0.4, -0.2) is 27.1 Å². The second-order valence-electron chi connectivity index (χ2n) is 1.58. The zero-order chi connectivity index (χ0) is 8.43. The number of H-pyrrole nitrogens is 1. The molecule has 0 radical (unpaired) electrons. The maximum absolute atomic E-state index is 9.98. The number of carbonyl (C=O) groups is 2. The molecule has 0 spiro atoms. The molecular weight excluding hydrogens is 154 g/mol. The normalized spacial score (nSPS) is 9.45. The molecule has 0 aliphatic carbocycles. The zero-order valence-corrected chi connectivity index (χ0v) is 5.03. The Kier molecular flexibility index (Phi) is 1.55. The summed E-state index contributed by atoms with van der Waals surface area (Å²) < 4.78 is 0. The maximum Gasteiger partial charge on any atom is 0.197 e. The highest BCUT2D eigenvalue weighted by Gasteiger charge is 2.02. The fraction of sp³-hybridized carbons (Fsp3) is 0. The lowest BCUT2D eigenvalue weighted by molar-refractivity contribution is -0.256. The standard InChI is InChI=1S/C4H3N3O4/c8-3(9)1-5-2(4(10)11)7-6-1/h(H,8,9)(H,10,11)(H,5,6,7)/p-2. The average Bonchev–Trinajstić information content (AvgIpc) is 2.33. The minimum Gasteiger partial charge on any atom is -0.542 e. The number of carboxylic acid groups (broad SMARTS) is 2. The smallest absolute Gasteiger partial charge is 0.197 e. The van der Waals surface area contributed by atoms with Gasteiger partial charge in [0.1, 0.15) is 11.9 Å². The summed E-state index contributed by atoms with van der Waals surface area (Å²) in [5.74, 6) is -4.60. The second kappa shape index (κ2) is 2.37. The molecule has 58 valence electrons. The Morgan fingerprint density at radius 2 is 1.91 bits per heavy atom. The molecule has 0 saturated heterocycles. The molecule has 1 aromatic rings. The van der Waals surface area contributed by atoms with Crippen molar-refractivity contribution in [3.05, 3.63) is 11.6 Å². The fourth-order valence-electron chi connectivity index (χ4n) is 0.444. The molecule has 0 aliphatic heterocycles. The van der Waals surface area contributed by atoms with E-state index in [0.29, 0.717) is 0 Å². The Balaban J connectivity index is 2.99. The summed E-state index contributed by atoms with van der Waals surface area (Å²) in [7, 11) is 0. The van der Waals surface area contributed by atoms with Gasteiger partial charge >= 0.3 is 0 Å². The van der Waals surface area contributed by atoms with Crippen LogP contribution in [0, 0.1) is 0 Å². The number of rotatable bonds is 2. The van der Waals surface area contributed by atoms with Gasteiger partial charge in [-0.2, -0.15) is 5.10 Å². The molecule has 1 heterocycles. The molecule has 1 rings (SSSR count). The third kappa shape index (κ3) is 1.31. The first-order valence-corrected chi connectivity index (χ1v) is 2.46. The number of nitrogens with one attached hydrogen (secondary N) is 1. The van der Waals surface area contributed by atoms with Gasteiger partial charge in [-0.1, -0.05) is 0 Å². The number of aromatic amines is 1. The van der Waals surface area contributed by atoms with Crippen LogP contribution < -0.4 is 10.2 Å². The largest absolute Gasteiger partial charge is 0.542 e. The first-order chi connectivity index (χ1) is 5.11. The predicted molar refractivity (Wildman–Crippen MR) is 25.0 cm³/mol. The predicted octanol–water partition coefficient (Wildman–Crippen LogP) is -3.47. The zero-order valence-electron chi connectivity index (χ0n) is 5.03. The van der Waals surface area contributed by atoms with E-state index in [1.54, 1.807) is 0 Å². The molecular formula is C4HN3O4-2. The number of carboxylic acids is 2. The lowest BCUT2D eigenvalue weighted by atomic mass is 10.6. The molecule has 11 heavy (non-hydrogen) atoms. The van der Waals surface area contributed by atoms with Gasteiger partial charge in [-0.25, -0.2) is 4.98 Å². The summed E-state index contributed by atoms with van der Waals surface area (Å²) in [6.45, 7) is 0. The van der Waals surface area contributed by atoms with E-state index in [1.807, 2.05) is 5.10 Å². The summed E-state index contributed by atoms with van der Waals surface area (Å²) in [6.07, 6.45) is 0. The van der Waals surface area contributed by atoms with Crippen molar-refractivity contribution in [1.82, 2.24) is 15.2 Å². The van der Waals surface area contributed by atoms with Crippen LogP contribution in [0.3, 0.4) is 0 Å². The third-order valence-electron chi connectivity index (χ3n) is 0.861. The van der Waals surface area contributed by atoms with Crippen molar-refractivity contribution in [1.29, 1.82) is 0 Å². The Morgan fingerprint density at radius 3 is 2.18 bits per heavy atom. The van der Waals surface area contributed by atoms with E-state index < -0.39 is 23.6 Å². The summed E-state index contributed by atoms with van der Waals surface area (Å²) >= 11 is 0. The minimum atomic E-state index is -1.64. The van der Waals surface area contributed by atoms with Crippen molar-refractivity contribution < 1.29 is 19.8 Å². The highest BCUT2D eigenvalue weighted by molar-refractivity contribution is 5.85. The van der Waals surface area contributed by atoms with E-state index in [0.717, 1.165) is 0 Å². The molecule has 0 atom stereocenters. The van der Waals surface area contributed by atoms with Gasteiger partial charge in [-0.15, -0.1) is 0 Å². The molecule has 1 N–H and O–H groups in total. The minimum absolute atomic E-state index is 0.635. The quantitative estimate of drug-likeness (QED) is 0.473. The van der Waals surface area contributed by atoms with Crippen molar-refractivity contribution in [2.24, 2.45) is 0 Å². The van der Waals surface area contributed by atoms with Gasteiger partial charge in [-0.3, -0.25) is 5.10 Å². The highest BCUT2D eigenvalue weighted by atomic mass is 16.4. The number of aromatic carboxylic acids is 2. The molecule has 0 aromatic carbocycles. The van der Waals surface area contributed by atoms with Crippen molar-refractivity contribution in [3.63, 3.8) is 0 Å². The Hall–Kier alpha value is -1.92. The fourth-order valence-corrected chi connectivity index (χ4v) is 0.444. The Labute approximate surface area is 59.7 Å². The van der Waals surface area contributed by atoms with E-state index in [9.17, 15) is 19.8 Å². The van der Waals surface area contributed by atoms with Gasteiger partial charge < -0.3 is 19.8 Å². The molecule has 0 bridgehead atoms. The molecule has 0 unspecified atom stereocenters. The topological polar surface area (TPSA) is 122 Å². The number of aromatic nitrogens is 3. The van der Waals surface area contributed by atoms with E-state index in [4.69, 9.17) is 0 Å². The number of carbonyl (C=O) groups excluding carboxylic acids is 2. The Morgan fingerprint density at radius 1 is 1.27 bits per heavy atom. The molecule has 0 aliphatic rings. The monoisotopic (exact) mass is 155 g/mol. The van der Waals surface area contributed by atoms with Gasteiger partial charge in [-0.05, 0) is 0 Å². The SMILES string of the molecule is O=C([O-])c1n[nH]c(C(=O)[O-])n1. The lowest BCUT2D eigenvalue weighted by Crippen LogP contribution is -2.25. The van der Waals surface area contributed by atoms with Crippen LogP contribution in [0.25, 0.3) is 0 Å². The van der Waals surface area contributed by atoms with Crippen LogP contribution in [-0.2, 0) is 0 Å². The van der Waals surface area contributed by atoms with Gasteiger partial charge in [0, 0.05) is 0 Å². The van der Waals surface area contributed by atoms with Crippen LogP contribution in [0.2, 0.25) is 0 Å². The van der Waals surface area contributed by atoms with Crippen LogP contribution in [0.15, 0.2) is 0 Å². The first-order valence-electron chi connectivity index (χ1n) is 2.46. The molecule has 7 heteroatoms. The summed E-state index contributed by atoms with van der Waals surface area (Å²) in [6, 6.07) is 0. The second-order valence-corrected chi connectivity index (χ2v) is 1.58. The number of nitrogens with zero attached hydrogens (tertiary/aromatic N) is 2. The van der Waals surface area contributed by atoms with Crippen molar-refractivity contribution in [2.75, 3.05) is 0 Å². The van der Waals surface area contributed by atoms with Crippen LogP contribution in [0.1, 0.15) is 21.2 Å². The van der Waals surface area contributed by atoms with Crippen LogP contribution >= 0.6 is 0 Å². The van der Waals surface area contributed by atoms with Gasteiger partial charge in [0.2, 0.25) is 0 Å². The molecule has 7 nitrogen and oxygen atoms in total. The van der Waals surface area contributed by atoms with Crippen molar-refractivity contribution >= 4 is 11.9 Å². The van der Waals surface area contributed by atoms with Gasteiger partial charge in [0.05, 0.1) is 0 Å². The molecule has 0 saturated carbocycles. The van der Waals surface area contributed by atoms with Crippen molar-refractivity contribution in [3.8, 4) is 0 Å². The van der Waals surface area contributed by atoms with Gasteiger partial charge in [0.25, 0.3) is 0 Å². The molecule has 0 amide bonds. The summed E-state index contributed by atoms with van der Waals surface area (Å²) in [4.78, 5) is 23.0. The van der Waals surface area contributed by atoms with Gasteiger partial charge in [0.15, 0.2) is 11.6 Å². The van der Waals surface area contributed by atoms with Crippen molar-refractivity contribution in [2.45, 2.75) is 0 Å². The van der Waals surface area contributed by atoms with Crippen LogP contribution in [0.4, 0.5) is 0 Å². The third-order valence-corrected chi connectivity index (χ3v) is 0.861. The lowest BCUT2D eigenvalue weighted by Gasteiger charge is -1.92. The summed E-state index contributed by atoms with van der Waals surface area (Å²) in [5, 5.41) is 24.8. The maximum atomic E-state index is 9.98. The number of hydrogen-bond donors (Lipinski definition) is 1. The van der Waals surface area contributed by atoms with E-state index in [-0.39, 0.29) is 0 Å². The number of hydrogen-bond acceptors (Lipinski definition) is 6. The average molecular weight is 155 g/mol. The highest BCUT2D eigenvalue weighted by Crippen LogP contribution is 1.88. The molecule has 1 aromatic heterocycles. The van der Waals surface area contributed by atoms with Crippen LogP contribution in [0.5, 0.6) is 0 Å². The Bertz CT molecular complexity index is 276. The molecule has 0 fully saturated rings. The summed E-state index contributed by atoms with van der Waals surface area (Å²) in [5.41, 5.74) is 0. The van der Waals surface area contributed by atoms with E-state index in [2.05, 4.69) is 10.1 Å². The van der Waals surface area contributed by atoms with E-state index in [1.165, 1.54) is 0 Å².